The molecule has 10 nitrogen and oxygen atoms in total. The van der Waals surface area contributed by atoms with E-state index in [0.29, 0.717) is 44.4 Å². The molecule has 5 rings (SSSR count). The van der Waals surface area contributed by atoms with Gasteiger partial charge in [-0.05, 0) is 77.6 Å². The number of aromatic nitrogens is 2. The van der Waals surface area contributed by atoms with E-state index in [-0.39, 0.29) is 70.4 Å². The standard InChI is InChI=1S/C30H31N3O7.K/c1-20-14-26(39-19-27(34)32-10-12-37-13-11-32)15-21(2)28(20)24-5-3-4-23(16-24)18-38-25-8-6-22(7-9-25)17-33-29(35)31-30(36)40-33;/h3-9,14-16H,10-13,17-19H2,1-2H3,(H,31,35,36);/q;+1/p-1. The Morgan fingerprint density at radius 3 is 2.27 bits per heavy atom. The van der Waals surface area contributed by atoms with Gasteiger partial charge in [0.15, 0.2) is 12.3 Å². The summed E-state index contributed by atoms with van der Waals surface area (Å²) in [6.45, 7) is 6.89. The first-order valence-electron chi connectivity index (χ1n) is 13.0. The molecule has 1 fully saturated rings. The molecule has 208 valence electrons. The van der Waals surface area contributed by atoms with Crippen LogP contribution in [-0.4, -0.2) is 48.5 Å². The largest absolute Gasteiger partial charge is 1.00 e. The Hall–Kier alpha value is -2.93. The molecule has 11 heteroatoms. The summed E-state index contributed by atoms with van der Waals surface area (Å²) in [5.41, 5.74) is 5.36. The second-order valence-electron chi connectivity index (χ2n) is 9.64. The maximum absolute atomic E-state index is 12.4. The van der Waals surface area contributed by atoms with Crippen molar-refractivity contribution in [3.05, 3.63) is 104 Å². The fourth-order valence-corrected chi connectivity index (χ4v) is 4.74. The van der Waals surface area contributed by atoms with E-state index in [2.05, 4.69) is 17.1 Å². The SMILES string of the molecule is Cc1cc(OCC(=O)N2CCOCC2)cc(C)c1-c1cccc(COc2ccc(Cn3oc(=O)[n-]c3=O)cc2)c1.[K+]. The number of carbonyl (C=O) groups is 1. The predicted molar refractivity (Wildman–Crippen MR) is 147 cm³/mol. The molecule has 1 saturated heterocycles. The third-order valence-corrected chi connectivity index (χ3v) is 6.69. The van der Waals surface area contributed by atoms with Crippen LogP contribution < -0.4 is 77.3 Å². The van der Waals surface area contributed by atoms with Gasteiger partial charge in [-0.2, -0.15) is 0 Å². The number of hydrogen-bond acceptors (Lipinski definition) is 7. The van der Waals surface area contributed by atoms with E-state index in [9.17, 15) is 14.4 Å². The van der Waals surface area contributed by atoms with Crippen molar-refractivity contribution in [2.75, 3.05) is 32.9 Å². The van der Waals surface area contributed by atoms with Crippen LogP contribution in [0.3, 0.4) is 0 Å². The summed E-state index contributed by atoms with van der Waals surface area (Å²) in [5.74, 6) is 0.403. The number of morpholine rings is 1. The van der Waals surface area contributed by atoms with Gasteiger partial charge in [0.25, 0.3) is 5.91 Å². The van der Waals surface area contributed by atoms with E-state index in [1.807, 2.05) is 38.1 Å². The van der Waals surface area contributed by atoms with Crippen molar-refractivity contribution < 1.29 is 74.9 Å². The number of aryl methyl sites for hydroxylation is 2. The van der Waals surface area contributed by atoms with Gasteiger partial charge in [0.05, 0.1) is 13.2 Å². The molecular weight excluding hydrogens is 553 g/mol. The normalized spacial score (nSPS) is 13.0. The van der Waals surface area contributed by atoms with E-state index in [1.54, 1.807) is 29.2 Å². The smallest absolute Gasteiger partial charge is 0.489 e. The van der Waals surface area contributed by atoms with Gasteiger partial charge in [0.2, 0.25) is 0 Å². The fraction of sp³-hybridized carbons (Fsp3) is 0.300. The van der Waals surface area contributed by atoms with E-state index in [0.717, 1.165) is 38.1 Å². The van der Waals surface area contributed by atoms with E-state index in [4.69, 9.17) is 18.7 Å². The van der Waals surface area contributed by atoms with Crippen molar-refractivity contribution in [2.45, 2.75) is 27.0 Å². The zero-order valence-corrected chi connectivity index (χ0v) is 26.5. The number of ether oxygens (including phenoxy) is 3. The molecule has 1 aromatic heterocycles. The summed E-state index contributed by atoms with van der Waals surface area (Å²) in [7, 11) is 0. The molecular formula is C30H30KN3O7. The van der Waals surface area contributed by atoms with Crippen LogP contribution in [0.1, 0.15) is 22.3 Å². The van der Waals surface area contributed by atoms with Gasteiger partial charge in [-0.25, -0.2) is 4.79 Å². The van der Waals surface area contributed by atoms with Gasteiger partial charge >= 0.3 is 57.1 Å². The van der Waals surface area contributed by atoms with Crippen LogP contribution in [0.25, 0.3) is 11.1 Å². The van der Waals surface area contributed by atoms with Crippen molar-refractivity contribution in [3.63, 3.8) is 0 Å². The summed E-state index contributed by atoms with van der Waals surface area (Å²) in [4.78, 5) is 40.1. The van der Waals surface area contributed by atoms with Crippen molar-refractivity contribution in [2.24, 2.45) is 0 Å². The first-order chi connectivity index (χ1) is 19.4. The molecule has 1 aliphatic heterocycles. The Bertz CT molecular complexity index is 1580. The summed E-state index contributed by atoms with van der Waals surface area (Å²) >= 11 is 0. The molecule has 4 aromatic rings. The maximum Gasteiger partial charge on any atom is 1.00 e. The number of hydrogen-bond donors (Lipinski definition) is 0. The summed E-state index contributed by atoms with van der Waals surface area (Å²) in [6, 6.07) is 19.3. The number of rotatable bonds is 9. The summed E-state index contributed by atoms with van der Waals surface area (Å²) < 4.78 is 22.8. The van der Waals surface area contributed by atoms with Gasteiger partial charge in [-0.15, -0.1) is 0 Å². The Balaban J connectivity index is 0.00000387. The molecule has 0 N–H and O–H groups in total. The molecule has 0 saturated carbocycles. The zero-order chi connectivity index (χ0) is 28.1. The number of carbonyl (C=O) groups excluding carboxylic acids is 1. The molecule has 41 heavy (non-hydrogen) atoms. The number of nitrogens with zero attached hydrogens (tertiary/aromatic N) is 3. The molecule has 0 unspecified atom stereocenters. The van der Waals surface area contributed by atoms with Crippen LogP contribution in [0.15, 0.2) is 74.8 Å². The molecule has 0 spiro atoms. The van der Waals surface area contributed by atoms with Gasteiger partial charge in [-0.1, -0.05) is 30.3 Å². The molecule has 0 bridgehead atoms. The second-order valence-corrected chi connectivity index (χ2v) is 9.64. The molecule has 0 aliphatic carbocycles. The molecule has 0 radical (unpaired) electrons. The Kier molecular flexibility index (Phi) is 10.8. The van der Waals surface area contributed by atoms with Crippen molar-refractivity contribution in [1.82, 2.24) is 14.6 Å². The summed E-state index contributed by atoms with van der Waals surface area (Å²) in [5, 5.41) is 0. The van der Waals surface area contributed by atoms with Crippen LogP contribution in [0, 0.1) is 13.8 Å². The molecule has 3 aromatic carbocycles. The number of benzene rings is 3. The Morgan fingerprint density at radius 2 is 1.61 bits per heavy atom. The second kappa shape index (κ2) is 14.3. The van der Waals surface area contributed by atoms with Gasteiger partial charge in [-0.3, -0.25) is 14.3 Å². The van der Waals surface area contributed by atoms with Crippen LogP contribution in [-0.2, 0) is 22.7 Å². The molecule has 1 amide bonds. The fourth-order valence-electron chi connectivity index (χ4n) is 4.74. The zero-order valence-electron chi connectivity index (χ0n) is 23.4. The predicted octanol–water partition coefficient (Wildman–Crippen LogP) is -0.0886. The Morgan fingerprint density at radius 1 is 0.902 bits per heavy atom. The molecule has 2 heterocycles. The minimum absolute atomic E-state index is 0. The van der Waals surface area contributed by atoms with Crippen molar-refractivity contribution in [1.29, 1.82) is 0 Å². The van der Waals surface area contributed by atoms with Crippen LogP contribution in [0.4, 0.5) is 0 Å². The van der Waals surface area contributed by atoms with E-state index < -0.39 is 11.4 Å². The third kappa shape index (κ3) is 8.09. The minimum atomic E-state index is -0.905. The van der Waals surface area contributed by atoms with Gasteiger partial charge < -0.3 is 28.6 Å². The van der Waals surface area contributed by atoms with Crippen molar-refractivity contribution in [3.8, 4) is 22.6 Å². The topological polar surface area (TPSA) is 114 Å². The van der Waals surface area contributed by atoms with E-state index >= 15 is 0 Å². The quantitative estimate of drug-likeness (QED) is 0.251. The molecule has 0 atom stereocenters. The maximum atomic E-state index is 12.4. The average molecular weight is 584 g/mol. The first kappa shape index (κ1) is 31.0. The number of amides is 1. The monoisotopic (exact) mass is 583 g/mol. The van der Waals surface area contributed by atoms with Crippen LogP contribution in [0.5, 0.6) is 11.5 Å². The first-order valence-corrected chi connectivity index (χ1v) is 13.0. The van der Waals surface area contributed by atoms with E-state index in [1.165, 1.54) is 0 Å². The van der Waals surface area contributed by atoms with Crippen LogP contribution >= 0.6 is 0 Å². The van der Waals surface area contributed by atoms with Crippen LogP contribution in [0.2, 0.25) is 0 Å². The summed E-state index contributed by atoms with van der Waals surface area (Å²) in [6.07, 6.45) is 0. The van der Waals surface area contributed by atoms with Crippen molar-refractivity contribution >= 4 is 5.91 Å². The Labute approximate surface area is 279 Å². The average Bonchev–Trinajstić information content (AvgIpc) is 3.27. The minimum Gasteiger partial charge on any atom is -0.489 e. The van der Waals surface area contributed by atoms with Gasteiger partial charge in [0, 0.05) is 19.6 Å². The van der Waals surface area contributed by atoms with Gasteiger partial charge in [0.1, 0.15) is 18.1 Å². The molecule has 1 aliphatic rings. The third-order valence-electron chi connectivity index (χ3n) is 6.69.